The summed E-state index contributed by atoms with van der Waals surface area (Å²) in [5.41, 5.74) is 3.67. The molecule has 2 aromatic rings. The lowest BCUT2D eigenvalue weighted by Crippen LogP contribution is -2.23. The molecule has 1 unspecified atom stereocenters. The molecule has 2 aromatic carbocycles. The second-order valence-corrected chi connectivity index (χ2v) is 5.95. The lowest BCUT2D eigenvalue weighted by atomic mass is 10.0. The minimum absolute atomic E-state index is 0.0666. The van der Waals surface area contributed by atoms with Crippen molar-refractivity contribution in [1.29, 1.82) is 0 Å². The molecule has 0 fully saturated rings. The second kappa shape index (κ2) is 5.88. The van der Waals surface area contributed by atoms with E-state index in [1.807, 2.05) is 18.2 Å². The van der Waals surface area contributed by atoms with Gasteiger partial charge in [0.1, 0.15) is 6.10 Å². The number of para-hydroxylation sites is 1. The van der Waals surface area contributed by atoms with Crippen LogP contribution in [0.1, 0.15) is 30.6 Å². The van der Waals surface area contributed by atoms with Crippen LogP contribution in [0.2, 0.25) is 0 Å². The first-order chi connectivity index (χ1) is 9.78. The normalized spacial score (nSPS) is 17.0. The van der Waals surface area contributed by atoms with Gasteiger partial charge in [0, 0.05) is 0 Å². The first-order valence-corrected chi connectivity index (χ1v) is 7.85. The van der Waals surface area contributed by atoms with Gasteiger partial charge in [-0.25, -0.2) is 0 Å². The molecule has 0 amide bonds. The van der Waals surface area contributed by atoms with Crippen molar-refractivity contribution in [2.24, 2.45) is 0 Å². The summed E-state index contributed by atoms with van der Waals surface area (Å²) in [6, 6.07) is 14.8. The molecule has 1 heterocycles. The van der Waals surface area contributed by atoms with Crippen molar-refractivity contribution in [1.82, 2.24) is 0 Å². The number of nitrogens with one attached hydrogen (secondary N) is 1. The van der Waals surface area contributed by atoms with Gasteiger partial charge in [0.2, 0.25) is 0 Å². The van der Waals surface area contributed by atoms with Crippen molar-refractivity contribution in [2.75, 3.05) is 11.9 Å². The summed E-state index contributed by atoms with van der Waals surface area (Å²) in [5, 5.41) is 3.44. The van der Waals surface area contributed by atoms with E-state index in [1.165, 1.54) is 17.5 Å². The molecule has 0 saturated heterocycles. The molecule has 0 bridgehead atoms. The predicted octanol–water partition coefficient (Wildman–Crippen LogP) is 4.95. The van der Waals surface area contributed by atoms with Gasteiger partial charge in [-0.15, -0.1) is 0 Å². The van der Waals surface area contributed by atoms with Crippen molar-refractivity contribution < 1.29 is 4.74 Å². The van der Waals surface area contributed by atoms with Crippen LogP contribution in [0.5, 0.6) is 5.75 Å². The van der Waals surface area contributed by atoms with E-state index in [1.54, 1.807) is 0 Å². The molecule has 0 radical (unpaired) electrons. The zero-order valence-electron chi connectivity index (χ0n) is 11.5. The van der Waals surface area contributed by atoms with Gasteiger partial charge in [-0.3, -0.25) is 0 Å². The highest BCUT2D eigenvalue weighted by molar-refractivity contribution is 9.10. The fraction of sp³-hybridized carbons (Fsp3) is 0.294. The Morgan fingerprint density at radius 3 is 2.75 bits per heavy atom. The summed E-state index contributed by atoms with van der Waals surface area (Å²) in [7, 11) is 0. The number of benzene rings is 2. The van der Waals surface area contributed by atoms with Crippen molar-refractivity contribution >= 4 is 21.6 Å². The number of halogens is 1. The maximum atomic E-state index is 6.14. The highest BCUT2D eigenvalue weighted by atomic mass is 79.9. The Labute approximate surface area is 128 Å². The maximum Gasteiger partial charge on any atom is 0.157 e. The second-order valence-electron chi connectivity index (χ2n) is 5.10. The molecule has 0 spiro atoms. The number of fused-ring (bicyclic) bond motifs is 1. The van der Waals surface area contributed by atoms with Gasteiger partial charge in [-0.05, 0) is 45.6 Å². The third-order valence-corrected chi connectivity index (χ3v) is 4.22. The van der Waals surface area contributed by atoms with E-state index in [0.717, 1.165) is 28.9 Å². The highest BCUT2D eigenvalue weighted by Crippen LogP contribution is 2.39. The number of anilines is 1. The molecule has 1 atom stereocenters. The first-order valence-electron chi connectivity index (χ1n) is 7.06. The molecular weight excluding hydrogens is 314 g/mol. The Balaban J connectivity index is 1.81. The monoisotopic (exact) mass is 331 g/mol. The Hall–Kier alpha value is -1.48. The van der Waals surface area contributed by atoms with Crippen LogP contribution in [0.15, 0.2) is 46.9 Å². The summed E-state index contributed by atoms with van der Waals surface area (Å²) >= 11 is 3.55. The van der Waals surface area contributed by atoms with Crippen LogP contribution in [-0.2, 0) is 6.42 Å². The fourth-order valence-corrected chi connectivity index (χ4v) is 2.99. The van der Waals surface area contributed by atoms with E-state index in [0.29, 0.717) is 0 Å². The molecule has 0 aromatic heterocycles. The van der Waals surface area contributed by atoms with Crippen LogP contribution in [-0.4, -0.2) is 6.54 Å². The average Bonchev–Trinajstić information content (AvgIpc) is 2.49. The third kappa shape index (κ3) is 2.68. The Morgan fingerprint density at radius 1 is 1.20 bits per heavy atom. The van der Waals surface area contributed by atoms with Gasteiger partial charge in [-0.2, -0.15) is 0 Å². The van der Waals surface area contributed by atoms with Crippen LogP contribution in [0.4, 0.5) is 5.69 Å². The summed E-state index contributed by atoms with van der Waals surface area (Å²) in [4.78, 5) is 0. The minimum Gasteiger partial charge on any atom is -0.481 e. The van der Waals surface area contributed by atoms with Crippen LogP contribution in [0.3, 0.4) is 0 Å². The third-order valence-electron chi connectivity index (χ3n) is 3.60. The van der Waals surface area contributed by atoms with E-state index in [-0.39, 0.29) is 6.10 Å². The number of rotatable bonds is 3. The van der Waals surface area contributed by atoms with Crippen molar-refractivity contribution in [2.45, 2.75) is 25.9 Å². The Morgan fingerprint density at radius 2 is 2.00 bits per heavy atom. The maximum absolute atomic E-state index is 6.14. The van der Waals surface area contributed by atoms with E-state index >= 15 is 0 Å². The molecule has 2 nitrogen and oxygen atoms in total. The van der Waals surface area contributed by atoms with Gasteiger partial charge < -0.3 is 10.1 Å². The van der Waals surface area contributed by atoms with Crippen LogP contribution >= 0.6 is 15.9 Å². The van der Waals surface area contributed by atoms with Gasteiger partial charge in [0.15, 0.2) is 5.75 Å². The van der Waals surface area contributed by atoms with Crippen LogP contribution < -0.4 is 10.1 Å². The van der Waals surface area contributed by atoms with Crippen molar-refractivity contribution in [3.8, 4) is 5.75 Å². The first kappa shape index (κ1) is 13.5. The fourth-order valence-electron chi connectivity index (χ4n) is 2.53. The van der Waals surface area contributed by atoms with E-state index in [4.69, 9.17) is 4.74 Å². The molecule has 1 N–H and O–H groups in total. The topological polar surface area (TPSA) is 21.3 Å². The lowest BCUT2D eigenvalue weighted by Gasteiger charge is -2.28. The van der Waals surface area contributed by atoms with E-state index in [2.05, 4.69) is 52.4 Å². The van der Waals surface area contributed by atoms with E-state index in [9.17, 15) is 0 Å². The smallest absolute Gasteiger partial charge is 0.157 e. The Kier molecular flexibility index (Phi) is 3.97. The average molecular weight is 332 g/mol. The molecule has 1 aliphatic heterocycles. The molecule has 0 aliphatic carbocycles. The van der Waals surface area contributed by atoms with Crippen LogP contribution in [0.25, 0.3) is 0 Å². The summed E-state index contributed by atoms with van der Waals surface area (Å²) in [5.74, 6) is 0.904. The summed E-state index contributed by atoms with van der Waals surface area (Å²) in [6.07, 6.45) is 2.39. The molecular formula is C17H18BrNO. The van der Waals surface area contributed by atoms with Gasteiger partial charge in [-0.1, -0.05) is 43.7 Å². The van der Waals surface area contributed by atoms with Gasteiger partial charge in [0.25, 0.3) is 0 Å². The van der Waals surface area contributed by atoms with Crippen molar-refractivity contribution in [3.05, 3.63) is 58.1 Å². The number of ether oxygens (including phenoxy) is 1. The summed E-state index contributed by atoms with van der Waals surface area (Å²) < 4.78 is 7.13. The predicted molar refractivity (Wildman–Crippen MR) is 86.4 cm³/mol. The number of hydrogen-bond acceptors (Lipinski definition) is 2. The standard InChI is InChI=1S/C17H18BrNO/c1-2-4-12-7-9-13(10-8-12)16-11-19-15-6-3-5-14(18)17(15)20-16/h3,5-10,16,19H,2,4,11H2,1H3. The molecule has 3 rings (SSSR count). The van der Waals surface area contributed by atoms with Gasteiger partial charge in [0.05, 0.1) is 16.7 Å². The van der Waals surface area contributed by atoms with E-state index < -0.39 is 0 Å². The van der Waals surface area contributed by atoms with Gasteiger partial charge >= 0.3 is 0 Å². The molecule has 1 aliphatic rings. The zero-order valence-corrected chi connectivity index (χ0v) is 13.1. The Bertz CT molecular complexity index is 594. The lowest BCUT2D eigenvalue weighted by molar-refractivity contribution is 0.209. The number of hydrogen-bond donors (Lipinski definition) is 1. The number of aryl methyl sites for hydroxylation is 1. The molecule has 20 heavy (non-hydrogen) atoms. The molecule has 104 valence electrons. The molecule has 0 saturated carbocycles. The zero-order chi connectivity index (χ0) is 13.9. The summed E-state index contributed by atoms with van der Waals surface area (Å²) in [6.45, 7) is 3.01. The van der Waals surface area contributed by atoms with Crippen molar-refractivity contribution in [3.63, 3.8) is 0 Å². The SMILES string of the molecule is CCCc1ccc(C2CNc3cccc(Br)c3O2)cc1. The minimum atomic E-state index is 0.0666. The highest BCUT2D eigenvalue weighted by Gasteiger charge is 2.22. The largest absolute Gasteiger partial charge is 0.481 e. The molecule has 3 heteroatoms. The quantitative estimate of drug-likeness (QED) is 0.859. The van der Waals surface area contributed by atoms with Crippen LogP contribution in [0, 0.1) is 0 Å².